The van der Waals surface area contributed by atoms with Crippen molar-refractivity contribution in [3.63, 3.8) is 0 Å². The molecule has 1 aliphatic rings. The quantitative estimate of drug-likeness (QED) is 0.912. The van der Waals surface area contributed by atoms with Crippen LogP contribution in [0.5, 0.6) is 0 Å². The van der Waals surface area contributed by atoms with E-state index in [0.717, 1.165) is 6.42 Å². The summed E-state index contributed by atoms with van der Waals surface area (Å²) < 4.78 is 0. The molecule has 1 aliphatic heterocycles. The van der Waals surface area contributed by atoms with Gasteiger partial charge in [0.05, 0.1) is 0 Å². The van der Waals surface area contributed by atoms with Gasteiger partial charge < -0.3 is 15.5 Å². The molecule has 1 fully saturated rings. The molecule has 0 bridgehead atoms. The van der Waals surface area contributed by atoms with Crippen molar-refractivity contribution < 1.29 is 9.59 Å². The number of carbonyl (C=O) groups excluding carboxylic acids is 2. The van der Waals surface area contributed by atoms with Gasteiger partial charge in [-0.15, -0.1) is 0 Å². The Kier molecular flexibility index (Phi) is 5.57. The largest absolute Gasteiger partial charge is 0.341 e. The summed E-state index contributed by atoms with van der Waals surface area (Å²) in [6.45, 7) is 11.0. The molecule has 1 unspecified atom stereocenters. The fourth-order valence-electron chi connectivity index (χ4n) is 3.34. The lowest BCUT2D eigenvalue weighted by Gasteiger charge is -2.27. The molecular weight excluding hydrogens is 314 g/mol. The second kappa shape index (κ2) is 7.16. The molecule has 0 radical (unpaired) electrons. The zero-order valence-corrected chi connectivity index (χ0v) is 16.1. The van der Waals surface area contributed by atoms with E-state index < -0.39 is 0 Å². The van der Waals surface area contributed by atoms with Gasteiger partial charge in [-0.05, 0) is 42.0 Å². The molecule has 0 spiro atoms. The van der Waals surface area contributed by atoms with Crippen LogP contribution in [0.1, 0.15) is 54.8 Å². The Bertz CT molecular complexity index is 651. The second-order valence-electron chi connectivity index (χ2n) is 8.79. The molecule has 2 amide bonds. The second-order valence-corrected chi connectivity index (χ2v) is 8.79. The summed E-state index contributed by atoms with van der Waals surface area (Å²) in [6, 6.07) is 7.04. The number of carbonyl (C=O) groups is 2. The molecule has 5 nitrogen and oxygen atoms in total. The SMILES string of the molecule is CN(CC(C)(C)C)C(=O)c1cccc(C(=O)N2CCC(C)(CN)C2)c1. The number of benzene rings is 1. The highest BCUT2D eigenvalue weighted by Gasteiger charge is 2.35. The third-order valence-electron chi connectivity index (χ3n) is 4.75. The standard InChI is InChI=1S/C20H31N3O2/c1-19(2,3)13-22(5)17(24)15-7-6-8-16(11-15)18(25)23-10-9-20(4,12-21)14-23/h6-8,11H,9-10,12-14,21H2,1-5H3. The molecule has 1 atom stereocenters. The molecule has 0 saturated carbocycles. The van der Waals surface area contributed by atoms with Gasteiger partial charge in [0.15, 0.2) is 0 Å². The summed E-state index contributed by atoms with van der Waals surface area (Å²) in [7, 11) is 1.80. The fraction of sp³-hybridized carbons (Fsp3) is 0.600. The Morgan fingerprint density at radius 3 is 2.48 bits per heavy atom. The van der Waals surface area contributed by atoms with E-state index in [1.165, 1.54) is 0 Å². The number of likely N-dealkylation sites (tertiary alicyclic amines) is 1. The molecule has 2 N–H and O–H groups in total. The third kappa shape index (κ3) is 4.82. The van der Waals surface area contributed by atoms with Gasteiger partial charge in [0.1, 0.15) is 0 Å². The normalized spacial score (nSPS) is 20.6. The van der Waals surface area contributed by atoms with Gasteiger partial charge in [0, 0.05) is 37.8 Å². The van der Waals surface area contributed by atoms with Crippen LogP contribution in [0.2, 0.25) is 0 Å². The van der Waals surface area contributed by atoms with E-state index in [1.807, 2.05) is 4.90 Å². The van der Waals surface area contributed by atoms with Crippen LogP contribution >= 0.6 is 0 Å². The van der Waals surface area contributed by atoms with E-state index >= 15 is 0 Å². The minimum atomic E-state index is -0.0576. The maximum Gasteiger partial charge on any atom is 0.253 e. The van der Waals surface area contributed by atoms with Crippen molar-refractivity contribution >= 4 is 11.8 Å². The third-order valence-corrected chi connectivity index (χ3v) is 4.75. The first-order valence-corrected chi connectivity index (χ1v) is 8.90. The first kappa shape index (κ1) is 19.4. The van der Waals surface area contributed by atoms with E-state index in [9.17, 15) is 9.59 Å². The van der Waals surface area contributed by atoms with Gasteiger partial charge in [0.25, 0.3) is 11.8 Å². The summed E-state index contributed by atoms with van der Waals surface area (Å²) in [6.07, 6.45) is 0.919. The van der Waals surface area contributed by atoms with Crippen molar-refractivity contribution in [2.75, 3.05) is 33.2 Å². The number of hydrogen-bond acceptors (Lipinski definition) is 3. The Labute approximate surface area is 151 Å². The highest BCUT2D eigenvalue weighted by Crippen LogP contribution is 2.29. The van der Waals surface area contributed by atoms with Crippen molar-refractivity contribution in [2.24, 2.45) is 16.6 Å². The number of nitrogens with two attached hydrogens (primary N) is 1. The van der Waals surface area contributed by atoms with Gasteiger partial charge in [-0.3, -0.25) is 9.59 Å². The van der Waals surface area contributed by atoms with Crippen molar-refractivity contribution in [1.29, 1.82) is 0 Å². The average molecular weight is 345 g/mol. The van der Waals surface area contributed by atoms with E-state index in [2.05, 4.69) is 27.7 Å². The molecule has 1 heterocycles. The molecule has 138 valence electrons. The smallest absolute Gasteiger partial charge is 0.253 e. The Balaban J connectivity index is 2.13. The molecule has 2 rings (SSSR count). The number of hydrogen-bond donors (Lipinski definition) is 1. The van der Waals surface area contributed by atoms with Crippen LogP contribution in [0, 0.1) is 10.8 Å². The first-order chi connectivity index (χ1) is 11.5. The molecule has 0 aliphatic carbocycles. The van der Waals surface area contributed by atoms with Crippen molar-refractivity contribution in [3.05, 3.63) is 35.4 Å². The van der Waals surface area contributed by atoms with E-state index in [1.54, 1.807) is 36.2 Å². The van der Waals surface area contributed by atoms with Gasteiger partial charge in [-0.25, -0.2) is 0 Å². The van der Waals surface area contributed by atoms with Crippen LogP contribution in [0.25, 0.3) is 0 Å². The van der Waals surface area contributed by atoms with Crippen molar-refractivity contribution in [1.82, 2.24) is 9.80 Å². The van der Waals surface area contributed by atoms with Gasteiger partial charge >= 0.3 is 0 Å². The molecule has 25 heavy (non-hydrogen) atoms. The van der Waals surface area contributed by atoms with Gasteiger partial charge in [0.2, 0.25) is 0 Å². The summed E-state index contributed by atoms with van der Waals surface area (Å²) >= 11 is 0. The Morgan fingerprint density at radius 1 is 1.28 bits per heavy atom. The summed E-state index contributed by atoms with van der Waals surface area (Å²) in [5.41, 5.74) is 6.97. The summed E-state index contributed by atoms with van der Waals surface area (Å²) in [4.78, 5) is 29.0. The lowest BCUT2D eigenvalue weighted by molar-refractivity contribution is 0.0745. The molecule has 1 saturated heterocycles. The molecule has 1 aromatic carbocycles. The van der Waals surface area contributed by atoms with Crippen LogP contribution in [0.15, 0.2) is 24.3 Å². The molecule has 1 aromatic rings. The Morgan fingerprint density at radius 2 is 1.92 bits per heavy atom. The summed E-state index contributed by atoms with van der Waals surface area (Å²) in [5.74, 6) is -0.0805. The van der Waals surface area contributed by atoms with Crippen LogP contribution < -0.4 is 5.73 Å². The lowest BCUT2D eigenvalue weighted by atomic mass is 9.90. The number of amides is 2. The summed E-state index contributed by atoms with van der Waals surface area (Å²) in [5, 5.41) is 0. The fourth-order valence-corrected chi connectivity index (χ4v) is 3.34. The van der Waals surface area contributed by atoms with E-state index in [0.29, 0.717) is 37.3 Å². The molecular formula is C20H31N3O2. The average Bonchev–Trinajstić information content (AvgIpc) is 2.95. The predicted octanol–water partition coefficient (Wildman–Crippen LogP) is 2.62. The van der Waals surface area contributed by atoms with Crippen LogP contribution in [0.3, 0.4) is 0 Å². The highest BCUT2D eigenvalue weighted by atomic mass is 16.2. The first-order valence-electron chi connectivity index (χ1n) is 8.90. The van der Waals surface area contributed by atoms with Gasteiger partial charge in [-0.2, -0.15) is 0 Å². The maximum atomic E-state index is 12.8. The van der Waals surface area contributed by atoms with Crippen LogP contribution in [-0.4, -0.2) is 54.8 Å². The van der Waals surface area contributed by atoms with Gasteiger partial charge in [-0.1, -0.05) is 33.8 Å². The van der Waals surface area contributed by atoms with Crippen molar-refractivity contribution in [3.8, 4) is 0 Å². The molecule has 5 heteroatoms. The number of nitrogens with zero attached hydrogens (tertiary/aromatic N) is 2. The van der Waals surface area contributed by atoms with E-state index in [4.69, 9.17) is 5.73 Å². The molecule has 0 aromatic heterocycles. The zero-order valence-electron chi connectivity index (χ0n) is 16.1. The topological polar surface area (TPSA) is 66.6 Å². The highest BCUT2D eigenvalue weighted by molar-refractivity contribution is 5.99. The number of rotatable bonds is 4. The van der Waals surface area contributed by atoms with Crippen molar-refractivity contribution in [2.45, 2.75) is 34.1 Å². The minimum Gasteiger partial charge on any atom is -0.341 e. The van der Waals surface area contributed by atoms with Crippen LogP contribution in [-0.2, 0) is 0 Å². The lowest BCUT2D eigenvalue weighted by Crippen LogP contribution is -2.35. The maximum absolute atomic E-state index is 12.8. The zero-order chi connectivity index (χ0) is 18.8. The predicted molar refractivity (Wildman–Crippen MR) is 101 cm³/mol. The minimum absolute atomic E-state index is 0.00395. The monoisotopic (exact) mass is 345 g/mol. The van der Waals surface area contributed by atoms with E-state index in [-0.39, 0.29) is 22.6 Å². The Hall–Kier alpha value is -1.88. The van der Waals surface area contributed by atoms with Crippen LogP contribution in [0.4, 0.5) is 0 Å².